The van der Waals surface area contributed by atoms with Gasteiger partial charge in [0.05, 0.1) is 16.6 Å². The number of aryl methyl sites for hydroxylation is 2. The molecule has 0 radical (unpaired) electrons. The maximum atomic E-state index is 13.8. The average Bonchev–Trinajstić information content (AvgIpc) is 3.46. The van der Waals surface area contributed by atoms with Crippen molar-refractivity contribution in [1.82, 2.24) is 14.1 Å². The zero-order chi connectivity index (χ0) is 23.6. The SMILES string of the molecule is O=C(O)c1c(-n2c(=O)[nH]c3sc4c(c3c2=O)CCC4)c2cc(Cl)ccc2n1Cc1ccccc1. The lowest BCUT2D eigenvalue weighted by Crippen LogP contribution is -2.34. The molecule has 0 aliphatic heterocycles. The first-order valence-electron chi connectivity index (χ1n) is 10.8. The van der Waals surface area contributed by atoms with Crippen LogP contribution in [0.4, 0.5) is 0 Å². The summed E-state index contributed by atoms with van der Waals surface area (Å²) in [6.45, 7) is 0.253. The summed E-state index contributed by atoms with van der Waals surface area (Å²) in [7, 11) is 0. The van der Waals surface area contributed by atoms with Gasteiger partial charge in [-0.25, -0.2) is 14.2 Å². The van der Waals surface area contributed by atoms with E-state index < -0.39 is 17.2 Å². The Balaban J connectivity index is 1.73. The zero-order valence-corrected chi connectivity index (χ0v) is 19.4. The number of hydrogen-bond donors (Lipinski definition) is 2. The molecule has 0 saturated carbocycles. The van der Waals surface area contributed by atoms with Crippen LogP contribution in [0.1, 0.15) is 32.9 Å². The number of aromatic amines is 1. The summed E-state index contributed by atoms with van der Waals surface area (Å²) in [6, 6.07) is 14.4. The van der Waals surface area contributed by atoms with Crippen molar-refractivity contribution < 1.29 is 9.90 Å². The molecule has 2 N–H and O–H groups in total. The van der Waals surface area contributed by atoms with Crippen molar-refractivity contribution >= 4 is 50.0 Å². The molecule has 0 unspecified atom stereocenters. The Kier molecular flexibility index (Phi) is 4.75. The van der Waals surface area contributed by atoms with Crippen LogP contribution in [0.15, 0.2) is 58.1 Å². The summed E-state index contributed by atoms with van der Waals surface area (Å²) >= 11 is 7.72. The van der Waals surface area contributed by atoms with Crippen molar-refractivity contribution in [2.45, 2.75) is 25.8 Å². The van der Waals surface area contributed by atoms with E-state index >= 15 is 0 Å². The number of carboxylic acid groups (broad SMARTS) is 1. The average molecular weight is 492 g/mol. The normalized spacial score (nSPS) is 13.1. The van der Waals surface area contributed by atoms with Gasteiger partial charge in [-0.05, 0) is 48.6 Å². The summed E-state index contributed by atoms with van der Waals surface area (Å²) in [5, 5.41) is 11.6. The highest BCUT2D eigenvalue weighted by Gasteiger charge is 2.29. The molecule has 0 saturated heterocycles. The summed E-state index contributed by atoms with van der Waals surface area (Å²) < 4.78 is 2.59. The minimum atomic E-state index is -1.24. The van der Waals surface area contributed by atoms with Crippen LogP contribution in [0.25, 0.3) is 26.8 Å². The number of aromatic carboxylic acids is 1. The highest BCUT2D eigenvalue weighted by Crippen LogP contribution is 2.35. The van der Waals surface area contributed by atoms with Gasteiger partial charge in [0, 0.05) is 21.8 Å². The number of H-pyrrole nitrogens is 1. The van der Waals surface area contributed by atoms with Crippen molar-refractivity contribution in [2.24, 2.45) is 0 Å². The van der Waals surface area contributed by atoms with Crippen LogP contribution >= 0.6 is 22.9 Å². The van der Waals surface area contributed by atoms with Crippen molar-refractivity contribution in [3.8, 4) is 5.69 Å². The number of hydrogen-bond acceptors (Lipinski definition) is 4. The third-order valence-electron chi connectivity index (χ3n) is 6.37. The molecule has 3 heterocycles. The topological polar surface area (TPSA) is 97.1 Å². The van der Waals surface area contributed by atoms with Gasteiger partial charge in [-0.3, -0.25) is 9.78 Å². The van der Waals surface area contributed by atoms with E-state index in [1.165, 1.54) is 11.3 Å². The molecular formula is C25H18ClN3O4S. The number of carboxylic acids is 1. The maximum absolute atomic E-state index is 13.8. The predicted octanol–water partition coefficient (Wildman–Crippen LogP) is 4.58. The second-order valence-electron chi connectivity index (χ2n) is 8.37. The second-order valence-corrected chi connectivity index (χ2v) is 9.91. The van der Waals surface area contributed by atoms with Gasteiger partial charge in [-0.2, -0.15) is 0 Å². The van der Waals surface area contributed by atoms with Crippen LogP contribution < -0.4 is 11.2 Å². The molecule has 0 spiro atoms. The van der Waals surface area contributed by atoms with Gasteiger partial charge < -0.3 is 9.67 Å². The molecule has 1 aliphatic rings. The number of fused-ring (bicyclic) bond motifs is 4. The standard InChI is InChI=1S/C25H18ClN3O4S/c26-14-9-10-17-16(11-14)20(21(24(31)32)28(17)12-13-5-2-1-3-6-13)29-23(30)19-15-7-4-8-18(15)34-22(19)27-25(29)33/h1-3,5-6,9-11H,4,7-8,12H2,(H,27,33)(H,31,32). The monoisotopic (exact) mass is 491 g/mol. The minimum Gasteiger partial charge on any atom is -0.477 e. The van der Waals surface area contributed by atoms with Gasteiger partial charge in [0.1, 0.15) is 4.83 Å². The molecule has 0 bridgehead atoms. The summed E-state index contributed by atoms with van der Waals surface area (Å²) in [5.74, 6) is -1.24. The Labute approximate surface area is 201 Å². The lowest BCUT2D eigenvalue weighted by Gasteiger charge is -2.10. The third-order valence-corrected chi connectivity index (χ3v) is 7.81. The van der Waals surface area contributed by atoms with Gasteiger partial charge in [0.25, 0.3) is 5.56 Å². The highest BCUT2D eigenvalue weighted by atomic mass is 35.5. The smallest absolute Gasteiger partial charge is 0.354 e. The predicted molar refractivity (Wildman–Crippen MR) is 133 cm³/mol. The third kappa shape index (κ3) is 3.06. The molecule has 0 fully saturated rings. The van der Waals surface area contributed by atoms with Crippen LogP contribution in [0.3, 0.4) is 0 Å². The molecule has 1 aliphatic carbocycles. The Morgan fingerprint density at radius 1 is 1.12 bits per heavy atom. The zero-order valence-electron chi connectivity index (χ0n) is 17.8. The number of rotatable bonds is 4. The quantitative estimate of drug-likeness (QED) is 0.384. The first-order chi connectivity index (χ1) is 16.4. The van der Waals surface area contributed by atoms with Crippen LogP contribution in [0.5, 0.6) is 0 Å². The first kappa shape index (κ1) is 20.9. The van der Waals surface area contributed by atoms with Gasteiger partial charge in [-0.1, -0.05) is 41.9 Å². The Bertz CT molecular complexity index is 1740. The van der Waals surface area contributed by atoms with E-state index in [1.807, 2.05) is 30.3 Å². The molecule has 9 heteroatoms. The van der Waals surface area contributed by atoms with Crippen molar-refractivity contribution in [3.63, 3.8) is 0 Å². The second kappa shape index (κ2) is 7.72. The number of thiophene rings is 1. The van der Waals surface area contributed by atoms with E-state index in [4.69, 9.17) is 11.6 Å². The van der Waals surface area contributed by atoms with Crippen LogP contribution in [-0.2, 0) is 19.4 Å². The molecule has 5 aromatic rings. The van der Waals surface area contributed by atoms with Gasteiger partial charge in [-0.15, -0.1) is 11.3 Å². The van der Waals surface area contributed by atoms with Crippen LogP contribution in [0.2, 0.25) is 5.02 Å². The fraction of sp³-hybridized carbons (Fsp3) is 0.160. The molecule has 0 atom stereocenters. The van der Waals surface area contributed by atoms with E-state index in [0.29, 0.717) is 26.1 Å². The van der Waals surface area contributed by atoms with Crippen molar-refractivity contribution in [2.75, 3.05) is 0 Å². The minimum absolute atomic E-state index is 0.0343. The Morgan fingerprint density at radius 2 is 1.91 bits per heavy atom. The summed E-state index contributed by atoms with van der Waals surface area (Å²) in [6.07, 6.45) is 2.61. The van der Waals surface area contributed by atoms with Gasteiger partial charge in [0.2, 0.25) is 0 Å². The molecule has 2 aromatic carbocycles. The van der Waals surface area contributed by atoms with Crippen molar-refractivity contribution in [1.29, 1.82) is 0 Å². The number of benzene rings is 2. The molecule has 34 heavy (non-hydrogen) atoms. The fourth-order valence-corrected chi connectivity index (χ4v) is 6.40. The Morgan fingerprint density at radius 3 is 2.68 bits per heavy atom. The summed E-state index contributed by atoms with van der Waals surface area (Å²) in [4.78, 5) is 44.1. The number of halogens is 1. The number of nitrogens with one attached hydrogen (secondary N) is 1. The van der Waals surface area contributed by atoms with E-state index in [1.54, 1.807) is 22.8 Å². The van der Waals surface area contributed by atoms with E-state index in [9.17, 15) is 19.5 Å². The van der Waals surface area contributed by atoms with Crippen LogP contribution in [-0.4, -0.2) is 25.2 Å². The van der Waals surface area contributed by atoms with Gasteiger partial charge in [0.15, 0.2) is 5.69 Å². The van der Waals surface area contributed by atoms with Crippen LogP contribution in [0, 0.1) is 0 Å². The van der Waals surface area contributed by atoms with E-state index in [-0.39, 0.29) is 17.9 Å². The van der Waals surface area contributed by atoms with E-state index in [2.05, 4.69) is 4.98 Å². The lowest BCUT2D eigenvalue weighted by atomic mass is 10.2. The number of carbonyl (C=O) groups is 1. The van der Waals surface area contributed by atoms with E-state index in [0.717, 1.165) is 39.8 Å². The Hall–Kier alpha value is -3.62. The molecule has 170 valence electrons. The largest absolute Gasteiger partial charge is 0.477 e. The molecule has 0 amide bonds. The number of aromatic nitrogens is 3. The fourth-order valence-electron chi connectivity index (χ4n) is 4.96. The lowest BCUT2D eigenvalue weighted by molar-refractivity contribution is 0.0686. The van der Waals surface area contributed by atoms with Crippen molar-refractivity contribution in [3.05, 3.63) is 96.1 Å². The number of nitrogens with zero attached hydrogens (tertiary/aromatic N) is 2. The highest BCUT2D eigenvalue weighted by molar-refractivity contribution is 7.18. The molecule has 3 aromatic heterocycles. The molecular weight excluding hydrogens is 474 g/mol. The molecule has 7 nitrogen and oxygen atoms in total. The van der Waals surface area contributed by atoms with Gasteiger partial charge >= 0.3 is 11.7 Å². The first-order valence-corrected chi connectivity index (χ1v) is 12.0. The maximum Gasteiger partial charge on any atom is 0.354 e. The molecule has 6 rings (SSSR count). The summed E-state index contributed by atoms with van der Waals surface area (Å²) in [5.41, 5.74) is 1.14.